The highest BCUT2D eigenvalue weighted by atomic mass is 32.1. The lowest BCUT2D eigenvalue weighted by atomic mass is 10.2. The zero-order valence-corrected chi connectivity index (χ0v) is 16.0. The Labute approximate surface area is 156 Å². The molecule has 0 atom stereocenters. The predicted molar refractivity (Wildman–Crippen MR) is 102 cm³/mol. The molecule has 2 aromatic rings. The highest BCUT2D eigenvalue weighted by Crippen LogP contribution is 2.22. The fourth-order valence-electron chi connectivity index (χ4n) is 3.12. The molecule has 2 heterocycles. The minimum atomic E-state index is -0.420. The molecule has 1 aromatic heterocycles. The number of hydrogen-bond donors (Lipinski definition) is 1. The average Bonchev–Trinajstić information content (AvgIpc) is 2.95. The third-order valence-corrected chi connectivity index (χ3v) is 5.52. The number of aromatic nitrogens is 1. The fourth-order valence-corrected chi connectivity index (χ4v) is 3.99. The quantitative estimate of drug-likeness (QED) is 0.658. The largest absolute Gasteiger partial charge is 0.366 e. The lowest BCUT2D eigenvalue weighted by molar-refractivity contribution is 0.370. The monoisotopic (exact) mass is 379 g/mol. The van der Waals surface area contributed by atoms with Crippen molar-refractivity contribution in [1.29, 1.82) is 0 Å². The van der Waals surface area contributed by atoms with Gasteiger partial charge in [-0.05, 0) is 26.0 Å². The van der Waals surface area contributed by atoms with E-state index in [1.54, 1.807) is 18.4 Å². The van der Waals surface area contributed by atoms with E-state index in [0.717, 1.165) is 22.7 Å². The first-order chi connectivity index (χ1) is 12.5. The number of rotatable bonds is 3. The Kier molecular flexibility index (Phi) is 5.70. The normalized spacial score (nSPS) is 15.5. The van der Waals surface area contributed by atoms with Gasteiger partial charge in [-0.1, -0.05) is 0 Å². The van der Waals surface area contributed by atoms with Gasteiger partial charge in [0.05, 0.1) is 22.9 Å². The number of thiazole rings is 1. The number of guanidine groups is 1. The van der Waals surface area contributed by atoms with E-state index in [4.69, 9.17) is 0 Å². The van der Waals surface area contributed by atoms with Crippen molar-refractivity contribution in [3.8, 4) is 0 Å². The summed E-state index contributed by atoms with van der Waals surface area (Å²) >= 11 is 1.68. The number of hydrogen-bond acceptors (Lipinski definition) is 4. The number of aliphatic imine (C=N–C) groups is 1. The predicted octanol–water partition coefficient (Wildman–Crippen LogP) is 2.94. The molecule has 0 amide bonds. The second-order valence-electron chi connectivity index (χ2n) is 6.21. The second kappa shape index (κ2) is 7.99. The molecule has 0 unspecified atom stereocenters. The van der Waals surface area contributed by atoms with Crippen molar-refractivity contribution >= 4 is 23.0 Å². The van der Waals surface area contributed by atoms with Gasteiger partial charge in [-0.3, -0.25) is 4.99 Å². The van der Waals surface area contributed by atoms with Gasteiger partial charge in [0.15, 0.2) is 5.96 Å². The van der Waals surface area contributed by atoms with E-state index >= 15 is 0 Å². The van der Waals surface area contributed by atoms with Crippen molar-refractivity contribution in [3.63, 3.8) is 0 Å². The van der Waals surface area contributed by atoms with Gasteiger partial charge < -0.3 is 15.1 Å². The van der Waals surface area contributed by atoms with Gasteiger partial charge in [-0.2, -0.15) is 0 Å². The van der Waals surface area contributed by atoms with Crippen LogP contribution in [0.3, 0.4) is 0 Å². The van der Waals surface area contributed by atoms with Gasteiger partial charge in [-0.15, -0.1) is 11.3 Å². The third kappa shape index (κ3) is 4.12. The average molecular weight is 379 g/mol. The van der Waals surface area contributed by atoms with Crippen LogP contribution in [-0.2, 0) is 6.54 Å². The van der Waals surface area contributed by atoms with Crippen LogP contribution in [0, 0.1) is 25.5 Å². The SMILES string of the molecule is CN=C(NCc1sc(C)nc1C)N1CCN(c2cc(F)ccc2F)CC1. The minimum Gasteiger partial charge on any atom is -0.366 e. The van der Waals surface area contributed by atoms with Gasteiger partial charge >= 0.3 is 0 Å². The van der Waals surface area contributed by atoms with Crippen LogP contribution in [0.4, 0.5) is 14.5 Å². The van der Waals surface area contributed by atoms with Crippen molar-refractivity contribution < 1.29 is 8.78 Å². The van der Waals surface area contributed by atoms with Gasteiger partial charge in [0.1, 0.15) is 11.6 Å². The maximum absolute atomic E-state index is 14.0. The van der Waals surface area contributed by atoms with Crippen LogP contribution in [-0.4, -0.2) is 49.1 Å². The summed E-state index contributed by atoms with van der Waals surface area (Å²) in [6, 6.07) is 3.58. The van der Waals surface area contributed by atoms with Crippen molar-refractivity contribution in [3.05, 3.63) is 45.4 Å². The van der Waals surface area contributed by atoms with Crippen molar-refractivity contribution in [2.75, 3.05) is 38.1 Å². The molecule has 0 spiro atoms. The highest BCUT2D eigenvalue weighted by molar-refractivity contribution is 7.11. The Balaban J connectivity index is 1.59. The molecule has 8 heteroatoms. The Morgan fingerprint density at radius 1 is 1.23 bits per heavy atom. The molecular formula is C18H23F2N5S. The van der Waals surface area contributed by atoms with E-state index < -0.39 is 11.6 Å². The summed E-state index contributed by atoms with van der Waals surface area (Å²) in [5, 5.41) is 4.43. The number of halogens is 2. The molecule has 1 aliphatic rings. The van der Waals surface area contributed by atoms with E-state index in [1.165, 1.54) is 17.0 Å². The lowest BCUT2D eigenvalue weighted by Gasteiger charge is -2.37. The maximum atomic E-state index is 14.0. The number of anilines is 1. The van der Waals surface area contributed by atoms with Crippen LogP contribution in [0.1, 0.15) is 15.6 Å². The molecule has 1 aliphatic heterocycles. The second-order valence-corrected chi connectivity index (χ2v) is 7.50. The van der Waals surface area contributed by atoms with Gasteiger partial charge in [-0.25, -0.2) is 13.8 Å². The van der Waals surface area contributed by atoms with E-state index in [2.05, 4.69) is 20.2 Å². The molecule has 140 valence electrons. The Morgan fingerprint density at radius 2 is 1.96 bits per heavy atom. The van der Waals surface area contributed by atoms with Crippen molar-refractivity contribution in [1.82, 2.24) is 15.2 Å². The van der Waals surface area contributed by atoms with E-state index in [0.29, 0.717) is 38.4 Å². The molecule has 0 radical (unpaired) electrons. The molecule has 0 aliphatic carbocycles. The minimum absolute atomic E-state index is 0.323. The molecule has 1 N–H and O–H groups in total. The van der Waals surface area contributed by atoms with E-state index in [9.17, 15) is 8.78 Å². The summed E-state index contributed by atoms with van der Waals surface area (Å²) in [5.41, 5.74) is 1.37. The summed E-state index contributed by atoms with van der Waals surface area (Å²) < 4.78 is 27.4. The zero-order valence-electron chi connectivity index (χ0n) is 15.2. The number of piperazine rings is 1. The van der Waals surface area contributed by atoms with Crippen LogP contribution < -0.4 is 10.2 Å². The van der Waals surface area contributed by atoms with E-state index in [-0.39, 0.29) is 0 Å². The van der Waals surface area contributed by atoms with Gasteiger partial charge in [0.25, 0.3) is 0 Å². The van der Waals surface area contributed by atoms with Gasteiger partial charge in [0, 0.05) is 44.2 Å². The summed E-state index contributed by atoms with van der Waals surface area (Å²) in [5.74, 6) is 0.00439. The first kappa shape index (κ1) is 18.6. The highest BCUT2D eigenvalue weighted by Gasteiger charge is 2.22. The first-order valence-electron chi connectivity index (χ1n) is 8.56. The van der Waals surface area contributed by atoms with Crippen LogP contribution in [0.15, 0.2) is 23.2 Å². The number of aryl methyl sites for hydroxylation is 2. The molecule has 1 aromatic carbocycles. The number of nitrogens with zero attached hydrogens (tertiary/aromatic N) is 4. The zero-order chi connectivity index (χ0) is 18.7. The number of nitrogens with one attached hydrogen (secondary N) is 1. The first-order valence-corrected chi connectivity index (χ1v) is 9.38. The fraction of sp³-hybridized carbons (Fsp3) is 0.444. The van der Waals surface area contributed by atoms with E-state index in [1.807, 2.05) is 18.7 Å². The molecule has 0 saturated carbocycles. The molecule has 26 heavy (non-hydrogen) atoms. The molecule has 5 nitrogen and oxygen atoms in total. The lowest BCUT2D eigenvalue weighted by Crippen LogP contribution is -2.52. The van der Waals surface area contributed by atoms with Crippen molar-refractivity contribution in [2.24, 2.45) is 4.99 Å². The Hall–Kier alpha value is -2.22. The summed E-state index contributed by atoms with van der Waals surface area (Å²) in [6.45, 7) is 7.30. The molecular weight excluding hydrogens is 356 g/mol. The molecule has 1 saturated heterocycles. The Morgan fingerprint density at radius 3 is 2.58 bits per heavy atom. The summed E-state index contributed by atoms with van der Waals surface area (Å²) in [6.07, 6.45) is 0. The molecule has 1 fully saturated rings. The van der Waals surface area contributed by atoms with Crippen molar-refractivity contribution in [2.45, 2.75) is 20.4 Å². The van der Waals surface area contributed by atoms with Crippen LogP contribution in [0.2, 0.25) is 0 Å². The van der Waals surface area contributed by atoms with Crippen LogP contribution >= 0.6 is 11.3 Å². The Bertz CT molecular complexity index is 797. The van der Waals surface area contributed by atoms with Crippen LogP contribution in [0.25, 0.3) is 0 Å². The summed E-state index contributed by atoms with van der Waals surface area (Å²) in [4.78, 5) is 14.0. The summed E-state index contributed by atoms with van der Waals surface area (Å²) in [7, 11) is 1.76. The maximum Gasteiger partial charge on any atom is 0.194 e. The number of benzene rings is 1. The molecule has 0 bridgehead atoms. The van der Waals surface area contributed by atoms with Crippen LogP contribution in [0.5, 0.6) is 0 Å². The standard InChI is InChI=1S/C18H23F2N5S/c1-12-17(26-13(2)23-12)11-22-18(21-3)25-8-6-24(7-9-25)16-10-14(19)4-5-15(16)20/h4-5,10H,6-9,11H2,1-3H3,(H,21,22). The van der Waals surface area contributed by atoms with Gasteiger partial charge in [0.2, 0.25) is 0 Å². The smallest absolute Gasteiger partial charge is 0.194 e. The third-order valence-electron chi connectivity index (χ3n) is 4.45. The molecule has 3 rings (SSSR count). The topological polar surface area (TPSA) is 43.8 Å².